The van der Waals surface area contributed by atoms with Crippen LogP contribution in [0.15, 0.2) is 29.2 Å². The first kappa shape index (κ1) is 21.8. The summed E-state index contributed by atoms with van der Waals surface area (Å²) in [5.74, 6) is -0.886. The van der Waals surface area contributed by atoms with Crippen molar-refractivity contribution in [2.75, 3.05) is 26.2 Å². The summed E-state index contributed by atoms with van der Waals surface area (Å²) in [6, 6.07) is 5.35. The predicted molar refractivity (Wildman–Crippen MR) is 96.7 cm³/mol. The van der Waals surface area contributed by atoms with E-state index in [0.717, 1.165) is 32.0 Å². The van der Waals surface area contributed by atoms with Gasteiger partial charge >= 0.3 is 0 Å². The minimum Gasteiger partial charge on any atom is -0.338 e. The Hall–Kier alpha value is -1.22. The second-order valence-electron chi connectivity index (χ2n) is 5.81. The number of halogens is 2. The summed E-state index contributed by atoms with van der Waals surface area (Å²) < 4.78 is 40.1. The van der Waals surface area contributed by atoms with Gasteiger partial charge < -0.3 is 10.2 Å². The van der Waals surface area contributed by atoms with Crippen LogP contribution >= 0.6 is 12.4 Å². The molecule has 1 aliphatic rings. The smallest absolute Gasteiger partial charge is 0.243 e. The van der Waals surface area contributed by atoms with Gasteiger partial charge in [-0.2, -0.15) is 0 Å². The first-order valence-electron chi connectivity index (χ1n) is 8.20. The van der Waals surface area contributed by atoms with E-state index in [9.17, 15) is 17.6 Å². The number of rotatable bonds is 8. The van der Waals surface area contributed by atoms with Gasteiger partial charge in [-0.3, -0.25) is 4.79 Å². The summed E-state index contributed by atoms with van der Waals surface area (Å²) in [4.78, 5) is 13.8. The summed E-state index contributed by atoms with van der Waals surface area (Å²) in [6.45, 7) is 4.27. The molecule has 9 heteroatoms. The van der Waals surface area contributed by atoms with E-state index in [2.05, 4.69) is 10.0 Å². The Morgan fingerprint density at radius 1 is 1.40 bits per heavy atom. The average molecular weight is 394 g/mol. The third kappa shape index (κ3) is 5.91. The van der Waals surface area contributed by atoms with Gasteiger partial charge in [-0.25, -0.2) is 17.5 Å². The maximum atomic E-state index is 13.6. The van der Waals surface area contributed by atoms with E-state index in [-0.39, 0.29) is 37.3 Å². The molecule has 0 spiro atoms. The molecule has 1 unspecified atom stereocenters. The molecule has 2 N–H and O–H groups in total. The molecule has 0 aromatic heterocycles. The van der Waals surface area contributed by atoms with Gasteiger partial charge in [0, 0.05) is 32.1 Å². The normalized spacial score (nSPS) is 17.1. The SMILES string of the molecule is CCCN(C(=O)CCNS(=O)(=O)c1ccccc1F)C1CCNC1.Cl. The van der Waals surface area contributed by atoms with Crippen molar-refractivity contribution in [2.24, 2.45) is 0 Å². The maximum absolute atomic E-state index is 13.6. The van der Waals surface area contributed by atoms with Crippen LogP contribution in [0.5, 0.6) is 0 Å². The Morgan fingerprint density at radius 3 is 2.72 bits per heavy atom. The van der Waals surface area contributed by atoms with E-state index in [1.165, 1.54) is 18.2 Å². The van der Waals surface area contributed by atoms with Crippen molar-refractivity contribution in [2.45, 2.75) is 37.1 Å². The van der Waals surface area contributed by atoms with Crippen LogP contribution in [-0.4, -0.2) is 51.4 Å². The summed E-state index contributed by atoms with van der Waals surface area (Å²) >= 11 is 0. The van der Waals surface area contributed by atoms with Crippen molar-refractivity contribution in [3.8, 4) is 0 Å². The highest BCUT2D eigenvalue weighted by molar-refractivity contribution is 7.89. The van der Waals surface area contributed by atoms with Gasteiger partial charge in [0.25, 0.3) is 0 Å². The van der Waals surface area contributed by atoms with Crippen molar-refractivity contribution in [3.63, 3.8) is 0 Å². The number of hydrogen-bond donors (Lipinski definition) is 2. The number of nitrogens with zero attached hydrogens (tertiary/aromatic N) is 1. The lowest BCUT2D eigenvalue weighted by Crippen LogP contribution is -2.43. The van der Waals surface area contributed by atoms with Crippen LogP contribution in [0, 0.1) is 5.82 Å². The lowest BCUT2D eigenvalue weighted by atomic mass is 10.2. The van der Waals surface area contributed by atoms with Gasteiger partial charge in [0.1, 0.15) is 10.7 Å². The fraction of sp³-hybridized carbons (Fsp3) is 0.562. The van der Waals surface area contributed by atoms with Crippen LogP contribution in [0.2, 0.25) is 0 Å². The molecule has 1 atom stereocenters. The van der Waals surface area contributed by atoms with E-state index in [0.29, 0.717) is 6.54 Å². The molecule has 2 rings (SSSR count). The first-order chi connectivity index (χ1) is 11.5. The van der Waals surface area contributed by atoms with Crippen LogP contribution in [-0.2, 0) is 14.8 Å². The number of carbonyl (C=O) groups is 1. The van der Waals surface area contributed by atoms with Crippen molar-refractivity contribution in [1.82, 2.24) is 14.9 Å². The van der Waals surface area contributed by atoms with Crippen molar-refractivity contribution < 1.29 is 17.6 Å². The standard InChI is InChI=1S/C16H24FN3O3S.ClH/c1-2-11-20(13-7-9-18-12-13)16(21)8-10-19-24(22,23)15-6-4-3-5-14(15)17;/h3-6,13,18-19H,2,7-12H2,1H3;1H. The van der Waals surface area contributed by atoms with Gasteiger partial charge in [0.05, 0.1) is 0 Å². The molecule has 1 aliphatic heterocycles. The zero-order valence-electron chi connectivity index (χ0n) is 14.2. The minimum absolute atomic E-state index is 0. The predicted octanol–water partition coefficient (Wildman–Crippen LogP) is 1.52. The maximum Gasteiger partial charge on any atom is 0.243 e. The Morgan fingerprint density at radius 2 is 2.12 bits per heavy atom. The Kier molecular flexibility index (Phi) is 8.78. The van der Waals surface area contributed by atoms with Crippen LogP contribution < -0.4 is 10.0 Å². The van der Waals surface area contributed by atoms with Crippen LogP contribution in [0.4, 0.5) is 4.39 Å². The van der Waals surface area contributed by atoms with Crippen LogP contribution in [0.3, 0.4) is 0 Å². The number of benzene rings is 1. The Balaban J connectivity index is 0.00000312. The van der Waals surface area contributed by atoms with E-state index in [4.69, 9.17) is 0 Å². The fourth-order valence-corrected chi connectivity index (χ4v) is 3.94. The number of carbonyl (C=O) groups excluding carboxylic acids is 1. The Bertz CT molecular complexity index is 666. The highest BCUT2D eigenvalue weighted by Crippen LogP contribution is 2.14. The molecule has 0 saturated carbocycles. The first-order valence-corrected chi connectivity index (χ1v) is 9.68. The lowest BCUT2D eigenvalue weighted by Gasteiger charge is -2.28. The van der Waals surface area contributed by atoms with Crippen LogP contribution in [0.25, 0.3) is 0 Å². The third-order valence-corrected chi connectivity index (χ3v) is 5.51. The quantitative estimate of drug-likeness (QED) is 0.701. The highest BCUT2D eigenvalue weighted by atomic mass is 35.5. The van der Waals surface area contributed by atoms with Crippen molar-refractivity contribution >= 4 is 28.3 Å². The third-order valence-electron chi connectivity index (χ3n) is 4.02. The lowest BCUT2D eigenvalue weighted by molar-refractivity contribution is -0.133. The number of amides is 1. The molecule has 6 nitrogen and oxygen atoms in total. The highest BCUT2D eigenvalue weighted by Gasteiger charge is 2.26. The fourth-order valence-electron chi connectivity index (χ4n) is 2.83. The van der Waals surface area contributed by atoms with Gasteiger partial charge in [0.15, 0.2) is 0 Å². The molecule has 0 aliphatic carbocycles. The van der Waals surface area contributed by atoms with Gasteiger partial charge in [0.2, 0.25) is 15.9 Å². The molecule has 1 aromatic rings. The van der Waals surface area contributed by atoms with E-state index >= 15 is 0 Å². The van der Waals surface area contributed by atoms with Gasteiger partial charge in [-0.05, 0) is 31.5 Å². The number of hydrogen-bond acceptors (Lipinski definition) is 4. The van der Waals surface area contributed by atoms with E-state index in [1.807, 2.05) is 11.8 Å². The van der Waals surface area contributed by atoms with E-state index < -0.39 is 20.7 Å². The summed E-state index contributed by atoms with van der Waals surface area (Å²) in [5.41, 5.74) is 0. The number of nitrogens with one attached hydrogen (secondary N) is 2. The summed E-state index contributed by atoms with van der Waals surface area (Å²) in [6.07, 6.45) is 1.82. The second-order valence-corrected chi connectivity index (χ2v) is 7.55. The molecular formula is C16H25ClFN3O3S. The molecule has 1 aromatic carbocycles. The Labute approximate surface area is 154 Å². The largest absolute Gasteiger partial charge is 0.338 e. The van der Waals surface area contributed by atoms with Crippen molar-refractivity contribution in [3.05, 3.63) is 30.1 Å². The molecule has 1 fully saturated rings. The second kappa shape index (κ2) is 10.1. The molecule has 0 radical (unpaired) electrons. The molecule has 142 valence electrons. The van der Waals surface area contributed by atoms with Gasteiger partial charge in [-0.1, -0.05) is 19.1 Å². The minimum atomic E-state index is -3.95. The molecule has 25 heavy (non-hydrogen) atoms. The molecular weight excluding hydrogens is 369 g/mol. The van der Waals surface area contributed by atoms with E-state index in [1.54, 1.807) is 0 Å². The monoisotopic (exact) mass is 393 g/mol. The molecule has 1 saturated heterocycles. The zero-order chi connectivity index (χ0) is 17.6. The summed E-state index contributed by atoms with van der Waals surface area (Å²) in [5, 5.41) is 3.23. The molecule has 1 heterocycles. The summed E-state index contributed by atoms with van der Waals surface area (Å²) in [7, 11) is -3.95. The molecule has 1 amide bonds. The van der Waals surface area contributed by atoms with Crippen molar-refractivity contribution in [1.29, 1.82) is 0 Å². The topological polar surface area (TPSA) is 78.5 Å². The van der Waals surface area contributed by atoms with Crippen LogP contribution in [0.1, 0.15) is 26.2 Å². The molecule has 0 bridgehead atoms. The zero-order valence-corrected chi connectivity index (χ0v) is 15.8. The van der Waals surface area contributed by atoms with Gasteiger partial charge in [-0.15, -0.1) is 12.4 Å². The average Bonchev–Trinajstić information content (AvgIpc) is 3.06. The number of sulfonamides is 1.